The predicted molar refractivity (Wildman–Crippen MR) is 94.8 cm³/mol. The second-order valence-electron chi connectivity index (χ2n) is 5.20. The second-order valence-corrected chi connectivity index (χ2v) is 6.05. The first-order valence-electron chi connectivity index (χ1n) is 7.29. The summed E-state index contributed by atoms with van der Waals surface area (Å²) < 4.78 is 7.07. The number of hydrogen-bond donors (Lipinski definition) is 0. The van der Waals surface area contributed by atoms with E-state index in [4.69, 9.17) is 27.9 Å². The summed E-state index contributed by atoms with van der Waals surface area (Å²) in [7, 11) is 0. The fraction of sp³-hybridized carbons (Fsp3) is 0.111. The van der Waals surface area contributed by atoms with Crippen LogP contribution in [0.25, 0.3) is 0 Å². The molecule has 24 heavy (non-hydrogen) atoms. The van der Waals surface area contributed by atoms with Crippen molar-refractivity contribution >= 4 is 23.2 Å². The van der Waals surface area contributed by atoms with Crippen LogP contribution in [-0.2, 0) is 13.2 Å². The number of rotatable bonds is 5. The molecule has 0 aliphatic rings. The lowest BCUT2D eigenvalue weighted by atomic mass is 10.2. The molecule has 0 saturated heterocycles. The quantitative estimate of drug-likeness (QED) is 0.685. The van der Waals surface area contributed by atoms with Gasteiger partial charge in [0.1, 0.15) is 12.9 Å². The van der Waals surface area contributed by atoms with Crippen molar-refractivity contribution in [3.05, 3.63) is 92.5 Å². The second kappa shape index (κ2) is 7.51. The highest BCUT2D eigenvalue weighted by molar-refractivity contribution is 6.35. The molecule has 0 atom stereocenters. The molecule has 6 heteroatoms. The van der Waals surface area contributed by atoms with E-state index in [0.717, 1.165) is 11.1 Å². The summed E-state index contributed by atoms with van der Waals surface area (Å²) in [5, 5.41) is 1.07. The minimum absolute atomic E-state index is 0.175. The fourth-order valence-corrected chi connectivity index (χ4v) is 2.64. The SMILES string of the molecule is O=c1cc(OCc2ccc(Cl)cc2Cl)ncn1Cc1ccccc1. The van der Waals surface area contributed by atoms with Gasteiger partial charge in [0.2, 0.25) is 5.88 Å². The van der Waals surface area contributed by atoms with Crippen LogP contribution in [0.15, 0.2) is 65.7 Å². The summed E-state index contributed by atoms with van der Waals surface area (Å²) in [5.74, 6) is 0.260. The van der Waals surface area contributed by atoms with Crippen molar-refractivity contribution in [2.75, 3.05) is 0 Å². The monoisotopic (exact) mass is 360 g/mol. The van der Waals surface area contributed by atoms with Gasteiger partial charge in [-0.05, 0) is 17.7 Å². The normalized spacial score (nSPS) is 10.6. The number of aromatic nitrogens is 2. The lowest BCUT2D eigenvalue weighted by molar-refractivity contribution is 0.292. The topological polar surface area (TPSA) is 44.1 Å². The van der Waals surface area contributed by atoms with Gasteiger partial charge < -0.3 is 4.74 Å². The smallest absolute Gasteiger partial charge is 0.257 e. The van der Waals surface area contributed by atoms with Crippen molar-refractivity contribution in [2.24, 2.45) is 0 Å². The maximum Gasteiger partial charge on any atom is 0.257 e. The van der Waals surface area contributed by atoms with Crippen molar-refractivity contribution in [3.63, 3.8) is 0 Å². The maximum absolute atomic E-state index is 12.2. The zero-order valence-corrected chi connectivity index (χ0v) is 14.2. The van der Waals surface area contributed by atoms with Gasteiger partial charge in [-0.15, -0.1) is 0 Å². The van der Waals surface area contributed by atoms with E-state index in [1.807, 2.05) is 30.3 Å². The number of hydrogen-bond acceptors (Lipinski definition) is 3. The standard InChI is InChI=1S/C18H14Cl2N2O2/c19-15-7-6-14(16(20)8-15)11-24-17-9-18(23)22(12-21-17)10-13-4-2-1-3-5-13/h1-9,12H,10-11H2. The number of ether oxygens (including phenoxy) is 1. The van der Waals surface area contributed by atoms with E-state index in [2.05, 4.69) is 4.98 Å². The Kier molecular flexibility index (Phi) is 5.18. The Morgan fingerprint density at radius 2 is 1.83 bits per heavy atom. The van der Waals surface area contributed by atoms with Gasteiger partial charge in [0.05, 0.1) is 12.6 Å². The summed E-state index contributed by atoms with van der Waals surface area (Å²) in [4.78, 5) is 16.3. The molecule has 0 fully saturated rings. The minimum atomic E-state index is -0.175. The number of benzene rings is 2. The first kappa shape index (κ1) is 16.6. The number of nitrogens with zero attached hydrogens (tertiary/aromatic N) is 2. The van der Waals surface area contributed by atoms with Gasteiger partial charge in [-0.25, -0.2) is 4.98 Å². The van der Waals surface area contributed by atoms with Gasteiger partial charge in [-0.1, -0.05) is 59.6 Å². The zero-order valence-electron chi connectivity index (χ0n) is 12.7. The van der Waals surface area contributed by atoms with Crippen LogP contribution >= 0.6 is 23.2 Å². The molecular formula is C18H14Cl2N2O2. The summed E-state index contributed by atoms with van der Waals surface area (Å²) in [6.07, 6.45) is 1.48. The van der Waals surface area contributed by atoms with E-state index in [0.29, 0.717) is 16.6 Å². The van der Waals surface area contributed by atoms with Crippen LogP contribution in [0.2, 0.25) is 10.0 Å². The molecule has 0 N–H and O–H groups in total. The van der Waals surface area contributed by atoms with Gasteiger partial charge in [-0.2, -0.15) is 0 Å². The first-order chi connectivity index (χ1) is 11.6. The molecule has 0 aliphatic heterocycles. The van der Waals surface area contributed by atoms with E-state index >= 15 is 0 Å². The largest absolute Gasteiger partial charge is 0.473 e. The molecular weight excluding hydrogens is 347 g/mol. The average molecular weight is 361 g/mol. The summed E-state index contributed by atoms with van der Waals surface area (Å²) in [5.41, 5.74) is 1.63. The van der Waals surface area contributed by atoms with Crippen molar-refractivity contribution in [3.8, 4) is 5.88 Å². The molecule has 3 aromatic rings. The zero-order chi connectivity index (χ0) is 16.9. The highest BCUT2D eigenvalue weighted by Gasteiger charge is 2.05. The highest BCUT2D eigenvalue weighted by atomic mass is 35.5. The van der Waals surface area contributed by atoms with Gasteiger partial charge in [0.15, 0.2) is 0 Å². The molecule has 1 aromatic heterocycles. The van der Waals surface area contributed by atoms with Crippen molar-refractivity contribution < 1.29 is 4.74 Å². The lowest BCUT2D eigenvalue weighted by Gasteiger charge is -2.09. The molecule has 122 valence electrons. The van der Waals surface area contributed by atoms with Gasteiger partial charge in [0.25, 0.3) is 5.56 Å². The van der Waals surface area contributed by atoms with E-state index in [1.165, 1.54) is 17.0 Å². The molecule has 4 nitrogen and oxygen atoms in total. The Balaban J connectivity index is 1.69. The fourth-order valence-electron chi connectivity index (χ4n) is 2.18. The Morgan fingerprint density at radius 1 is 1.04 bits per heavy atom. The molecule has 1 heterocycles. The van der Waals surface area contributed by atoms with Crippen molar-refractivity contribution in [2.45, 2.75) is 13.2 Å². The molecule has 0 unspecified atom stereocenters. The summed E-state index contributed by atoms with van der Waals surface area (Å²) in [6.45, 7) is 0.682. The number of halogens is 2. The van der Waals surface area contributed by atoms with E-state index in [1.54, 1.807) is 18.2 Å². The third kappa shape index (κ3) is 4.16. The van der Waals surface area contributed by atoms with Gasteiger partial charge in [0, 0.05) is 15.6 Å². The molecule has 0 radical (unpaired) electrons. The molecule has 0 spiro atoms. The van der Waals surface area contributed by atoms with Crippen LogP contribution in [0.4, 0.5) is 0 Å². The third-order valence-corrected chi connectivity index (χ3v) is 4.03. The Bertz CT molecular complexity index is 895. The summed E-state index contributed by atoms with van der Waals surface area (Å²) in [6, 6.07) is 16.2. The van der Waals surface area contributed by atoms with Gasteiger partial charge in [-0.3, -0.25) is 9.36 Å². The molecule has 0 bridgehead atoms. The Morgan fingerprint density at radius 3 is 2.54 bits per heavy atom. The van der Waals surface area contributed by atoms with Crippen LogP contribution in [0.3, 0.4) is 0 Å². The van der Waals surface area contributed by atoms with Crippen LogP contribution in [0, 0.1) is 0 Å². The van der Waals surface area contributed by atoms with Crippen LogP contribution < -0.4 is 10.3 Å². The summed E-state index contributed by atoms with van der Waals surface area (Å²) >= 11 is 11.9. The Labute approximate surface area is 149 Å². The molecule has 0 amide bonds. The van der Waals surface area contributed by atoms with Crippen molar-refractivity contribution in [1.82, 2.24) is 9.55 Å². The third-order valence-electron chi connectivity index (χ3n) is 3.44. The highest BCUT2D eigenvalue weighted by Crippen LogP contribution is 2.21. The van der Waals surface area contributed by atoms with Crippen molar-refractivity contribution in [1.29, 1.82) is 0 Å². The van der Waals surface area contributed by atoms with E-state index in [-0.39, 0.29) is 18.0 Å². The first-order valence-corrected chi connectivity index (χ1v) is 8.04. The average Bonchev–Trinajstić information content (AvgIpc) is 2.57. The minimum Gasteiger partial charge on any atom is -0.473 e. The van der Waals surface area contributed by atoms with Crippen LogP contribution in [-0.4, -0.2) is 9.55 Å². The van der Waals surface area contributed by atoms with Gasteiger partial charge >= 0.3 is 0 Å². The van der Waals surface area contributed by atoms with Crippen LogP contribution in [0.1, 0.15) is 11.1 Å². The molecule has 0 aliphatic carbocycles. The van der Waals surface area contributed by atoms with E-state index in [9.17, 15) is 4.79 Å². The molecule has 2 aromatic carbocycles. The molecule has 0 saturated carbocycles. The van der Waals surface area contributed by atoms with Crippen LogP contribution in [0.5, 0.6) is 5.88 Å². The predicted octanol–water partition coefficient (Wildman–Crippen LogP) is 4.18. The van der Waals surface area contributed by atoms with E-state index < -0.39 is 0 Å². The lowest BCUT2D eigenvalue weighted by Crippen LogP contribution is -2.20. The maximum atomic E-state index is 12.2. The Hall–Kier alpha value is -2.30. The molecule has 3 rings (SSSR count).